The van der Waals surface area contributed by atoms with Gasteiger partial charge in [-0.25, -0.2) is 4.68 Å². The lowest BCUT2D eigenvalue weighted by Gasteiger charge is -2.13. The maximum Gasteiger partial charge on any atom is 0.175 e. The van der Waals surface area contributed by atoms with Gasteiger partial charge in [0.25, 0.3) is 0 Å². The molecule has 0 saturated heterocycles. The maximum atomic E-state index is 4.62. The zero-order valence-corrected chi connectivity index (χ0v) is 12.7. The molecule has 2 aromatic rings. The zero-order valence-electron chi connectivity index (χ0n) is 12.7. The Balaban J connectivity index is 2.25. The highest BCUT2D eigenvalue weighted by Crippen LogP contribution is 2.24. The van der Waals surface area contributed by atoms with Crippen molar-refractivity contribution in [2.24, 2.45) is 0 Å². The molecule has 0 aliphatic carbocycles. The summed E-state index contributed by atoms with van der Waals surface area (Å²) >= 11 is 0. The summed E-state index contributed by atoms with van der Waals surface area (Å²) in [6.45, 7) is 10.6. The number of rotatable bonds is 6. The number of aromatic nitrogens is 4. The van der Waals surface area contributed by atoms with Crippen molar-refractivity contribution in [3.8, 4) is 5.82 Å². The molecule has 108 valence electrons. The lowest BCUT2D eigenvalue weighted by atomic mass is 9.99. The normalized spacial score (nSPS) is 12.6. The van der Waals surface area contributed by atoms with Crippen molar-refractivity contribution in [3.05, 3.63) is 35.3 Å². The van der Waals surface area contributed by atoms with E-state index in [2.05, 4.69) is 48.3 Å². The van der Waals surface area contributed by atoms with Crippen LogP contribution in [0.25, 0.3) is 5.82 Å². The highest BCUT2D eigenvalue weighted by atomic mass is 15.3. The van der Waals surface area contributed by atoms with Crippen LogP contribution < -0.4 is 5.32 Å². The summed E-state index contributed by atoms with van der Waals surface area (Å²) in [7, 11) is 0. The number of nitrogens with zero attached hydrogens (tertiary/aromatic N) is 4. The minimum atomic E-state index is 0.437. The fourth-order valence-corrected chi connectivity index (χ4v) is 2.59. The first-order valence-electron chi connectivity index (χ1n) is 7.20. The minimum Gasteiger partial charge on any atom is -0.316 e. The molecule has 20 heavy (non-hydrogen) atoms. The van der Waals surface area contributed by atoms with Gasteiger partial charge in [0.05, 0.1) is 5.69 Å². The molecule has 0 aliphatic heterocycles. The van der Waals surface area contributed by atoms with Crippen molar-refractivity contribution in [2.45, 2.75) is 40.0 Å². The van der Waals surface area contributed by atoms with Crippen molar-refractivity contribution in [3.63, 3.8) is 0 Å². The van der Waals surface area contributed by atoms with Gasteiger partial charge in [-0.2, -0.15) is 10.2 Å². The Morgan fingerprint density at radius 3 is 2.80 bits per heavy atom. The summed E-state index contributed by atoms with van der Waals surface area (Å²) < 4.78 is 1.88. The summed E-state index contributed by atoms with van der Waals surface area (Å²) in [6.07, 6.45) is 2.83. The lowest BCUT2D eigenvalue weighted by Crippen LogP contribution is -2.21. The van der Waals surface area contributed by atoms with Gasteiger partial charge in [0.15, 0.2) is 5.82 Å². The van der Waals surface area contributed by atoms with E-state index in [-0.39, 0.29) is 0 Å². The molecule has 0 aliphatic rings. The second kappa shape index (κ2) is 6.61. The molecule has 0 fully saturated rings. The zero-order chi connectivity index (χ0) is 14.5. The number of nitrogens with one attached hydrogen (secondary N) is 1. The quantitative estimate of drug-likeness (QED) is 0.821. The summed E-state index contributed by atoms with van der Waals surface area (Å²) in [5.41, 5.74) is 3.52. The van der Waals surface area contributed by atoms with E-state index in [1.54, 1.807) is 6.20 Å². The summed E-state index contributed by atoms with van der Waals surface area (Å²) in [5.74, 6) is 1.21. The lowest BCUT2D eigenvalue weighted by molar-refractivity contribution is 0.605. The van der Waals surface area contributed by atoms with Crippen molar-refractivity contribution in [2.75, 3.05) is 13.1 Å². The van der Waals surface area contributed by atoms with Crippen LogP contribution in [-0.2, 0) is 0 Å². The third kappa shape index (κ3) is 3.04. The van der Waals surface area contributed by atoms with E-state index in [0.717, 1.165) is 36.7 Å². The van der Waals surface area contributed by atoms with Crippen molar-refractivity contribution in [1.82, 2.24) is 25.3 Å². The molecule has 0 aromatic carbocycles. The molecule has 0 amide bonds. The molecule has 0 bridgehead atoms. The number of hydrogen-bond acceptors (Lipinski definition) is 4. The SMILES string of the molecule is CCCNCC(C)c1c(C)nn(-c2cccnn2)c1C. The Morgan fingerprint density at radius 1 is 1.35 bits per heavy atom. The van der Waals surface area contributed by atoms with E-state index in [9.17, 15) is 0 Å². The van der Waals surface area contributed by atoms with Crippen LogP contribution in [-0.4, -0.2) is 33.1 Å². The summed E-state index contributed by atoms with van der Waals surface area (Å²) in [5, 5.41) is 16.1. The van der Waals surface area contributed by atoms with Crippen LogP contribution in [0.15, 0.2) is 18.3 Å². The van der Waals surface area contributed by atoms with Crippen molar-refractivity contribution >= 4 is 0 Å². The molecule has 0 saturated carbocycles. The van der Waals surface area contributed by atoms with Crippen LogP contribution in [0.4, 0.5) is 0 Å². The Morgan fingerprint density at radius 2 is 2.15 bits per heavy atom. The summed E-state index contributed by atoms with van der Waals surface area (Å²) in [6, 6.07) is 3.81. The molecule has 2 rings (SSSR count). The van der Waals surface area contributed by atoms with Gasteiger partial charge in [0.1, 0.15) is 0 Å². The van der Waals surface area contributed by atoms with Gasteiger partial charge in [-0.05, 0) is 44.9 Å². The van der Waals surface area contributed by atoms with E-state index in [1.807, 2.05) is 16.8 Å². The van der Waals surface area contributed by atoms with Gasteiger partial charge in [0, 0.05) is 24.0 Å². The average molecular weight is 273 g/mol. The molecule has 2 heterocycles. The van der Waals surface area contributed by atoms with Crippen molar-refractivity contribution in [1.29, 1.82) is 0 Å². The van der Waals surface area contributed by atoms with Gasteiger partial charge in [-0.15, -0.1) is 5.10 Å². The smallest absolute Gasteiger partial charge is 0.175 e. The third-order valence-electron chi connectivity index (χ3n) is 3.49. The van der Waals surface area contributed by atoms with E-state index >= 15 is 0 Å². The standard InChI is InChI=1S/C15H23N5/c1-5-8-16-10-11(2)15-12(3)19-20(13(15)4)14-7-6-9-17-18-14/h6-7,9,11,16H,5,8,10H2,1-4H3. The van der Waals surface area contributed by atoms with Gasteiger partial charge < -0.3 is 5.32 Å². The molecule has 5 heteroatoms. The van der Waals surface area contributed by atoms with Crippen LogP contribution >= 0.6 is 0 Å². The molecule has 1 atom stereocenters. The molecule has 1 unspecified atom stereocenters. The predicted molar refractivity (Wildman–Crippen MR) is 80.2 cm³/mol. The first-order valence-corrected chi connectivity index (χ1v) is 7.20. The first-order chi connectivity index (χ1) is 9.65. The Bertz CT molecular complexity index is 547. The molecule has 5 nitrogen and oxygen atoms in total. The highest BCUT2D eigenvalue weighted by Gasteiger charge is 2.18. The largest absolute Gasteiger partial charge is 0.316 e. The fraction of sp³-hybridized carbons (Fsp3) is 0.533. The number of hydrogen-bond donors (Lipinski definition) is 1. The molecule has 0 radical (unpaired) electrons. The van der Waals surface area contributed by atoms with E-state index in [4.69, 9.17) is 0 Å². The number of aryl methyl sites for hydroxylation is 1. The maximum absolute atomic E-state index is 4.62. The van der Waals surface area contributed by atoms with Gasteiger partial charge in [0.2, 0.25) is 0 Å². The van der Waals surface area contributed by atoms with Crippen LogP contribution in [0.2, 0.25) is 0 Å². The van der Waals surface area contributed by atoms with Gasteiger partial charge >= 0.3 is 0 Å². The molecule has 1 N–H and O–H groups in total. The molecule has 0 spiro atoms. The molecular weight excluding hydrogens is 250 g/mol. The van der Waals surface area contributed by atoms with Crippen LogP contribution in [0, 0.1) is 13.8 Å². The van der Waals surface area contributed by atoms with Crippen LogP contribution in [0.5, 0.6) is 0 Å². The Hall–Kier alpha value is -1.75. The minimum absolute atomic E-state index is 0.437. The molecular formula is C15H23N5. The van der Waals surface area contributed by atoms with Crippen LogP contribution in [0.1, 0.15) is 43.1 Å². The molecule has 2 aromatic heterocycles. The van der Waals surface area contributed by atoms with E-state index < -0.39 is 0 Å². The van der Waals surface area contributed by atoms with Gasteiger partial charge in [-0.1, -0.05) is 13.8 Å². The fourth-order valence-electron chi connectivity index (χ4n) is 2.59. The Labute approximate surface area is 120 Å². The average Bonchev–Trinajstić information content (AvgIpc) is 2.75. The van der Waals surface area contributed by atoms with Gasteiger partial charge in [-0.3, -0.25) is 0 Å². The van der Waals surface area contributed by atoms with Crippen molar-refractivity contribution < 1.29 is 0 Å². The summed E-state index contributed by atoms with van der Waals surface area (Å²) in [4.78, 5) is 0. The van der Waals surface area contributed by atoms with E-state index in [1.165, 1.54) is 5.56 Å². The monoisotopic (exact) mass is 273 g/mol. The second-order valence-electron chi connectivity index (χ2n) is 5.18. The highest BCUT2D eigenvalue weighted by molar-refractivity contribution is 5.34. The third-order valence-corrected chi connectivity index (χ3v) is 3.49. The topological polar surface area (TPSA) is 55.6 Å². The second-order valence-corrected chi connectivity index (χ2v) is 5.18. The first kappa shape index (κ1) is 14.7. The van der Waals surface area contributed by atoms with Crippen LogP contribution in [0.3, 0.4) is 0 Å². The Kier molecular flexibility index (Phi) is 4.84. The van der Waals surface area contributed by atoms with E-state index in [0.29, 0.717) is 5.92 Å². The predicted octanol–water partition coefficient (Wildman–Crippen LogP) is 2.38.